The van der Waals surface area contributed by atoms with E-state index in [1.54, 1.807) is 0 Å². The number of fused-ring (bicyclic) bond motifs is 1. The number of nitroso groups, excluding NO2 is 1. The third-order valence-corrected chi connectivity index (χ3v) is 3.53. The summed E-state index contributed by atoms with van der Waals surface area (Å²) in [6.45, 7) is 1.38. The predicted molar refractivity (Wildman–Crippen MR) is 69.6 cm³/mol. The summed E-state index contributed by atoms with van der Waals surface area (Å²) in [5, 5.41) is 0. The van der Waals surface area contributed by atoms with Crippen molar-refractivity contribution in [1.82, 2.24) is 0 Å². The molecular formula is C14H15N2O3+. The molecular weight excluding hydrogens is 244 g/mol. The predicted octanol–water partition coefficient (Wildman–Crippen LogP) is 2.04. The molecule has 0 N–H and O–H groups in total. The highest BCUT2D eigenvalue weighted by atomic mass is 16.5. The lowest BCUT2D eigenvalue weighted by atomic mass is 9.94. The van der Waals surface area contributed by atoms with Gasteiger partial charge in [0.25, 0.3) is 11.7 Å². The Bertz CT molecular complexity index is 569. The van der Waals surface area contributed by atoms with E-state index in [1.807, 2.05) is 24.3 Å². The van der Waals surface area contributed by atoms with Crippen LogP contribution in [-0.4, -0.2) is 28.6 Å². The Morgan fingerprint density at radius 1 is 1.47 bits per heavy atom. The topological polar surface area (TPSA) is 58.7 Å². The van der Waals surface area contributed by atoms with Crippen LogP contribution < -0.4 is 0 Å². The Labute approximate surface area is 110 Å². The van der Waals surface area contributed by atoms with E-state index in [9.17, 15) is 9.70 Å². The van der Waals surface area contributed by atoms with Gasteiger partial charge in [-0.2, -0.15) is 0 Å². The van der Waals surface area contributed by atoms with Crippen molar-refractivity contribution in [3.8, 4) is 0 Å². The van der Waals surface area contributed by atoms with Crippen LogP contribution in [0.3, 0.4) is 0 Å². The zero-order chi connectivity index (χ0) is 13.4. The van der Waals surface area contributed by atoms with Gasteiger partial charge in [-0.15, -0.1) is 0 Å². The third kappa shape index (κ3) is 2.05. The summed E-state index contributed by atoms with van der Waals surface area (Å²) in [6, 6.07) is -0.333. The van der Waals surface area contributed by atoms with E-state index < -0.39 is 0 Å². The highest BCUT2D eigenvalue weighted by molar-refractivity contribution is 6.02. The molecule has 5 heteroatoms. The summed E-state index contributed by atoms with van der Waals surface area (Å²) < 4.78 is 6.28. The molecule has 2 unspecified atom stereocenters. The summed E-state index contributed by atoms with van der Waals surface area (Å²) >= 11 is 0. The van der Waals surface area contributed by atoms with Crippen LogP contribution in [0.1, 0.15) is 26.2 Å². The fraction of sp³-hybridized carbons (Fsp3) is 0.429. The molecule has 0 radical (unpaired) electrons. The number of carbonyl (C=O) groups is 1. The van der Waals surface area contributed by atoms with Gasteiger partial charge < -0.3 is 4.74 Å². The summed E-state index contributed by atoms with van der Waals surface area (Å²) in [7, 11) is 0. The van der Waals surface area contributed by atoms with Crippen LogP contribution in [-0.2, 0) is 9.53 Å². The number of aliphatic imine (C=N–C) groups is 1. The van der Waals surface area contributed by atoms with Gasteiger partial charge in [0.1, 0.15) is 5.71 Å². The maximum atomic E-state index is 12.4. The Balaban J connectivity index is 2.01. The van der Waals surface area contributed by atoms with Gasteiger partial charge in [0.2, 0.25) is 0 Å². The second-order valence-corrected chi connectivity index (χ2v) is 4.87. The lowest BCUT2D eigenvalue weighted by molar-refractivity contribution is -0.515. The van der Waals surface area contributed by atoms with Gasteiger partial charge in [0, 0.05) is 23.0 Å². The van der Waals surface area contributed by atoms with E-state index in [-0.39, 0.29) is 18.1 Å². The van der Waals surface area contributed by atoms with Crippen LogP contribution in [0.25, 0.3) is 0 Å². The van der Waals surface area contributed by atoms with E-state index >= 15 is 0 Å². The quantitative estimate of drug-likeness (QED) is 0.535. The first-order valence-corrected chi connectivity index (χ1v) is 6.47. The summed E-state index contributed by atoms with van der Waals surface area (Å²) in [5.74, 6) is -0.336. The van der Waals surface area contributed by atoms with Crippen molar-refractivity contribution in [2.45, 2.75) is 38.3 Å². The zero-order valence-electron chi connectivity index (χ0n) is 10.7. The monoisotopic (exact) mass is 259 g/mol. The third-order valence-electron chi connectivity index (χ3n) is 3.53. The molecule has 2 aliphatic carbocycles. The number of rotatable bonds is 1. The molecule has 98 valence electrons. The average molecular weight is 259 g/mol. The van der Waals surface area contributed by atoms with E-state index in [4.69, 9.17) is 4.74 Å². The standard InChI is InChI=1S/C14H15N2O3/c1-9(17)19-13-8-4-7-12-14(13)15-10-5-2-3-6-11(10)16(12)18/h2-3,5-6,11,13H,4,7-8H2,1H3/q+1. The molecule has 0 saturated carbocycles. The SMILES string of the molecule is CC(=O)OC1CCCC2=C1N=C1C=CC=CC1[N+]2=O. The van der Waals surface area contributed by atoms with Crippen LogP contribution in [0.4, 0.5) is 0 Å². The zero-order valence-corrected chi connectivity index (χ0v) is 10.7. The first-order chi connectivity index (χ1) is 9.16. The number of nitrogens with zero attached hydrogens (tertiary/aromatic N) is 2. The molecule has 0 spiro atoms. The van der Waals surface area contributed by atoms with Gasteiger partial charge in [0.05, 0.1) is 0 Å². The van der Waals surface area contributed by atoms with Crippen molar-refractivity contribution in [3.63, 3.8) is 0 Å². The number of ether oxygens (including phenoxy) is 1. The van der Waals surface area contributed by atoms with Gasteiger partial charge in [-0.25, -0.2) is 4.99 Å². The normalized spacial score (nSPS) is 28.7. The molecule has 19 heavy (non-hydrogen) atoms. The van der Waals surface area contributed by atoms with Crippen molar-refractivity contribution < 1.29 is 14.3 Å². The number of carbonyl (C=O) groups excluding carboxylic acids is 1. The molecule has 1 aliphatic heterocycles. The van der Waals surface area contributed by atoms with E-state index in [1.165, 1.54) is 6.92 Å². The van der Waals surface area contributed by atoms with E-state index in [0.717, 1.165) is 23.3 Å². The van der Waals surface area contributed by atoms with Crippen LogP contribution in [0.2, 0.25) is 0 Å². The van der Waals surface area contributed by atoms with Crippen molar-refractivity contribution >= 4 is 11.7 Å². The summed E-state index contributed by atoms with van der Waals surface area (Å²) in [4.78, 5) is 28.1. The highest BCUT2D eigenvalue weighted by Crippen LogP contribution is 2.33. The smallest absolute Gasteiger partial charge is 0.303 e. The molecule has 0 saturated heterocycles. The van der Waals surface area contributed by atoms with E-state index in [0.29, 0.717) is 17.8 Å². The molecule has 0 fully saturated rings. The van der Waals surface area contributed by atoms with Crippen molar-refractivity contribution in [2.24, 2.45) is 4.99 Å². The molecule has 0 bridgehead atoms. The lowest BCUT2D eigenvalue weighted by Crippen LogP contribution is -2.38. The Kier molecular flexibility index (Phi) is 2.89. The van der Waals surface area contributed by atoms with Gasteiger partial charge >= 0.3 is 5.97 Å². The molecule has 0 aromatic heterocycles. The second kappa shape index (κ2) is 4.57. The van der Waals surface area contributed by atoms with Crippen LogP contribution in [0.5, 0.6) is 0 Å². The Morgan fingerprint density at radius 2 is 2.32 bits per heavy atom. The van der Waals surface area contributed by atoms with Crippen molar-refractivity contribution in [1.29, 1.82) is 0 Å². The van der Waals surface area contributed by atoms with Crippen LogP contribution >= 0.6 is 0 Å². The minimum atomic E-state index is -0.384. The summed E-state index contributed by atoms with van der Waals surface area (Å²) in [5.41, 5.74) is 2.00. The fourth-order valence-electron chi connectivity index (χ4n) is 2.71. The minimum absolute atomic E-state index is 0.333. The van der Waals surface area contributed by atoms with Crippen molar-refractivity contribution in [2.75, 3.05) is 0 Å². The van der Waals surface area contributed by atoms with E-state index in [2.05, 4.69) is 4.99 Å². The highest BCUT2D eigenvalue weighted by Gasteiger charge is 2.43. The number of allylic oxidation sites excluding steroid dienone is 3. The lowest BCUT2D eigenvalue weighted by Gasteiger charge is -2.26. The maximum absolute atomic E-state index is 12.4. The molecule has 5 nitrogen and oxygen atoms in total. The van der Waals surface area contributed by atoms with Crippen molar-refractivity contribution in [3.05, 3.63) is 40.6 Å². The van der Waals surface area contributed by atoms with Gasteiger partial charge in [-0.1, -0.05) is 12.2 Å². The maximum Gasteiger partial charge on any atom is 0.303 e. The molecule has 3 rings (SSSR count). The largest absolute Gasteiger partial charge is 0.456 e. The van der Waals surface area contributed by atoms with Crippen LogP contribution in [0, 0.1) is 4.91 Å². The molecule has 0 aromatic rings. The fourth-order valence-corrected chi connectivity index (χ4v) is 2.71. The Hall–Kier alpha value is -2.04. The number of esters is 1. The molecule has 3 aliphatic rings. The minimum Gasteiger partial charge on any atom is -0.456 e. The molecule has 0 amide bonds. The summed E-state index contributed by atoms with van der Waals surface area (Å²) in [6.07, 6.45) is 9.27. The van der Waals surface area contributed by atoms with Gasteiger partial charge in [-0.05, 0) is 25.0 Å². The number of hydrogen-bond donors (Lipinski definition) is 0. The average Bonchev–Trinajstić information content (AvgIpc) is 2.40. The molecule has 2 atom stereocenters. The second-order valence-electron chi connectivity index (χ2n) is 4.87. The van der Waals surface area contributed by atoms with Crippen LogP contribution in [0.15, 0.2) is 40.7 Å². The Morgan fingerprint density at radius 3 is 3.11 bits per heavy atom. The molecule has 0 aromatic carbocycles. The first-order valence-electron chi connectivity index (χ1n) is 6.47. The van der Waals surface area contributed by atoms with Gasteiger partial charge in [0.15, 0.2) is 11.8 Å². The number of hydrogen-bond acceptors (Lipinski definition) is 4. The molecule has 1 heterocycles. The van der Waals surface area contributed by atoms with Gasteiger partial charge in [-0.3, -0.25) is 4.79 Å². The first kappa shape index (κ1) is 12.0.